The molecule has 1 N–H and O–H groups in total. The van der Waals surface area contributed by atoms with Gasteiger partial charge in [-0.1, -0.05) is 88.5 Å². The van der Waals surface area contributed by atoms with Gasteiger partial charge >= 0.3 is 0 Å². The molecule has 1 aromatic rings. The molecule has 0 saturated heterocycles. The molecule has 0 radical (unpaired) electrons. The van der Waals surface area contributed by atoms with E-state index in [1.54, 1.807) is 0 Å². The molecule has 0 aliphatic heterocycles. The smallest absolute Gasteiger partial charge is 0.226 e. The minimum Gasteiger partial charge on any atom is -0.502 e. The van der Waals surface area contributed by atoms with E-state index in [0.717, 1.165) is 38.8 Å². The van der Waals surface area contributed by atoms with Gasteiger partial charge in [-0.05, 0) is 25.9 Å². The maximum Gasteiger partial charge on any atom is 0.226 e. The summed E-state index contributed by atoms with van der Waals surface area (Å²) in [4.78, 5) is 13.5. The van der Waals surface area contributed by atoms with E-state index in [0.29, 0.717) is 12.3 Å². The van der Waals surface area contributed by atoms with Crippen molar-refractivity contribution < 1.29 is 9.52 Å². The summed E-state index contributed by atoms with van der Waals surface area (Å²) in [6, 6.07) is 1.24. The van der Waals surface area contributed by atoms with Crippen LogP contribution in [0, 0.1) is 0 Å². The lowest BCUT2D eigenvalue weighted by Gasteiger charge is -2.21. The van der Waals surface area contributed by atoms with Crippen LogP contribution in [0.15, 0.2) is 21.5 Å². The molecule has 164 valence electrons. The van der Waals surface area contributed by atoms with Crippen molar-refractivity contribution in [2.45, 2.75) is 108 Å². The summed E-state index contributed by atoms with van der Waals surface area (Å²) in [6.07, 6.45) is 7.08. The van der Waals surface area contributed by atoms with Crippen molar-refractivity contribution >= 4 is 0 Å². The Morgan fingerprint density at radius 3 is 1.67 bits per heavy atom. The lowest BCUT2D eigenvalue weighted by Crippen LogP contribution is -2.26. The van der Waals surface area contributed by atoms with Crippen molar-refractivity contribution in [3.05, 3.63) is 28.3 Å². The van der Waals surface area contributed by atoms with Gasteiger partial charge in [-0.2, -0.15) is 0 Å². The Labute approximate surface area is 170 Å². The van der Waals surface area contributed by atoms with Gasteiger partial charge in [0.15, 0.2) is 5.76 Å². The van der Waals surface area contributed by atoms with E-state index in [2.05, 4.69) is 32.6 Å². The highest BCUT2D eigenvalue weighted by Gasteiger charge is 2.12. The zero-order chi connectivity index (χ0) is 22.1. The van der Waals surface area contributed by atoms with Gasteiger partial charge in [-0.15, -0.1) is 0 Å². The monoisotopic (exact) mass is 387 g/mol. The van der Waals surface area contributed by atoms with E-state index >= 15 is 0 Å². The molecule has 0 saturated carbocycles. The molecule has 0 unspecified atom stereocenters. The first-order valence-electron chi connectivity index (χ1n) is 11.1. The van der Waals surface area contributed by atoms with Crippen LogP contribution in [0.2, 0.25) is 0 Å². The Bertz CT molecular complexity index is 408. The van der Waals surface area contributed by atoms with Crippen LogP contribution < -0.4 is 5.43 Å². The molecule has 0 aliphatic rings. The highest BCUT2D eigenvalue weighted by molar-refractivity contribution is 5.22. The predicted octanol–water partition coefficient (Wildman–Crippen LogP) is 7.24. The van der Waals surface area contributed by atoms with E-state index in [4.69, 9.17) is 4.42 Å². The lowest BCUT2D eigenvalue weighted by atomic mass is 10.2. The standard InChI is InChI=1S/C14H23NO3.C3H8.3C2H6/c1-3-5-8-15(9-6-4-2)11-13-14(17)12(16)7-10-18-13;1-3-2;3*1-2/h7,10,17H,3-6,8-9,11H2,1-2H3;3H2,1-2H3;3*1-2H3. The fourth-order valence-electron chi connectivity index (χ4n) is 1.80. The highest BCUT2D eigenvalue weighted by atomic mass is 16.4. The average Bonchev–Trinajstić information content (AvgIpc) is 2.72. The van der Waals surface area contributed by atoms with Crippen molar-refractivity contribution in [2.24, 2.45) is 0 Å². The van der Waals surface area contributed by atoms with E-state index in [1.807, 2.05) is 41.5 Å². The molecular formula is C23H49NO3. The van der Waals surface area contributed by atoms with E-state index < -0.39 is 0 Å². The second kappa shape index (κ2) is 29.5. The third kappa shape index (κ3) is 20.9. The van der Waals surface area contributed by atoms with Gasteiger partial charge in [0.2, 0.25) is 11.2 Å². The molecule has 1 heterocycles. The maximum absolute atomic E-state index is 11.3. The molecule has 1 aromatic heterocycles. The summed E-state index contributed by atoms with van der Waals surface area (Å²) in [7, 11) is 0. The molecule has 0 aliphatic carbocycles. The van der Waals surface area contributed by atoms with Gasteiger partial charge in [-0.3, -0.25) is 9.69 Å². The molecule has 1 rings (SSSR count). The SMILES string of the molecule is CC.CC.CC.CCC.CCCCN(CCCC)Cc1occc(=O)c1O. The fourth-order valence-corrected chi connectivity index (χ4v) is 1.80. The molecule has 0 bridgehead atoms. The molecule has 0 aromatic carbocycles. The van der Waals surface area contributed by atoms with Gasteiger partial charge in [0, 0.05) is 6.07 Å². The summed E-state index contributed by atoms with van der Waals surface area (Å²) >= 11 is 0. The van der Waals surface area contributed by atoms with Crippen molar-refractivity contribution in [2.75, 3.05) is 13.1 Å². The van der Waals surface area contributed by atoms with E-state index in [9.17, 15) is 9.90 Å². The van der Waals surface area contributed by atoms with Crippen molar-refractivity contribution in [1.82, 2.24) is 4.90 Å². The van der Waals surface area contributed by atoms with Gasteiger partial charge in [0.05, 0.1) is 12.8 Å². The molecule has 0 spiro atoms. The first kappa shape index (κ1) is 33.3. The second-order valence-electron chi connectivity index (χ2n) is 5.25. The lowest BCUT2D eigenvalue weighted by molar-refractivity contribution is 0.227. The molecule has 0 fully saturated rings. The predicted molar refractivity (Wildman–Crippen MR) is 122 cm³/mol. The van der Waals surface area contributed by atoms with Crippen molar-refractivity contribution in [3.63, 3.8) is 0 Å². The third-order valence-electron chi connectivity index (χ3n) is 2.95. The molecule has 27 heavy (non-hydrogen) atoms. The van der Waals surface area contributed by atoms with Crippen LogP contribution in [0.3, 0.4) is 0 Å². The minimum atomic E-state index is -0.373. The summed E-state index contributed by atoms with van der Waals surface area (Å²) in [5.41, 5.74) is -0.373. The zero-order valence-electron chi connectivity index (χ0n) is 20.0. The number of rotatable bonds is 8. The normalized spacial score (nSPS) is 8.70. The Morgan fingerprint density at radius 2 is 1.30 bits per heavy atom. The minimum absolute atomic E-state index is 0.254. The quantitative estimate of drug-likeness (QED) is 0.510. The summed E-state index contributed by atoms with van der Waals surface area (Å²) in [5.74, 6) is 0.116. The number of unbranched alkanes of at least 4 members (excludes halogenated alkanes) is 2. The van der Waals surface area contributed by atoms with Crippen molar-refractivity contribution in [1.29, 1.82) is 0 Å². The number of aromatic hydroxyl groups is 1. The average molecular weight is 388 g/mol. The third-order valence-corrected chi connectivity index (χ3v) is 2.95. The Balaban J connectivity index is -0.000000253. The molecular weight excluding hydrogens is 338 g/mol. The molecule has 0 atom stereocenters. The van der Waals surface area contributed by atoms with Crippen molar-refractivity contribution in [3.8, 4) is 5.75 Å². The first-order valence-corrected chi connectivity index (χ1v) is 11.1. The Kier molecular flexibility index (Phi) is 36.4. The molecule has 4 heteroatoms. The van der Waals surface area contributed by atoms with Crippen LogP contribution >= 0.6 is 0 Å². The van der Waals surface area contributed by atoms with E-state index in [1.165, 1.54) is 18.8 Å². The molecule has 4 nitrogen and oxygen atoms in total. The van der Waals surface area contributed by atoms with E-state index in [-0.39, 0.29) is 11.2 Å². The number of nitrogens with zero attached hydrogens (tertiary/aromatic N) is 1. The highest BCUT2D eigenvalue weighted by Crippen LogP contribution is 2.14. The Morgan fingerprint density at radius 1 is 0.889 bits per heavy atom. The second-order valence-corrected chi connectivity index (χ2v) is 5.25. The van der Waals surface area contributed by atoms with Crippen LogP contribution in [-0.2, 0) is 6.54 Å². The van der Waals surface area contributed by atoms with Crippen LogP contribution in [0.5, 0.6) is 5.75 Å². The summed E-state index contributed by atoms with van der Waals surface area (Å²) < 4.78 is 5.24. The summed E-state index contributed by atoms with van der Waals surface area (Å²) in [5, 5.41) is 9.66. The number of hydrogen-bond acceptors (Lipinski definition) is 4. The van der Waals surface area contributed by atoms with Crippen LogP contribution in [0.4, 0.5) is 0 Å². The number of hydrogen-bond donors (Lipinski definition) is 1. The van der Waals surface area contributed by atoms with Gasteiger partial charge in [0.25, 0.3) is 0 Å². The van der Waals surface area contributed by atoms with Gasteiger partial charge < -0.3 is 9.52 Å². The fraction of sp³-hybridized carbons (Fsp3) is 0.783. The first-order chi connectivity index (χ1) is 13.1. The maximum atomic E-state index is 11.3. The van der Waals surface area contributed by atoms with Gasteiger partial charge in [0.1, 0.15) is 0 Å². The zero-order valence-corrected chi connectivity index (χ0v) is 20.0. The van der Waals surface area contributed by atoms with Crippen LogP contribution in [0.1, 0.15) is 107 Å². The Hall–Kier alpha value is -1.29. The summed E-state index contributed by atoms with van der Waals surface area (Å²) in [6.45, 7) is 23.0. The van der Waals surface area contributed by atoms with Crippen LogP contribution in [0.25, 0.3) is 0 Å². The van der Waals surface area contributed by atoms with Gasteiger partial charge in [-0.25, -0.2) is 0 Å². The molecule has 0 amide bonds. The topological polar surface area (TPSA) is 53.7 Å². The van der Waals surface area contributed by atoms with Crippen LogP contribution in [-0.4, -0.2) is 23.1 Å². The largest absolute Gasteiger partial charge is 0.502 e.